The molecule has 112 valence electrons. The van der Waals surface area contributed by atoms with E-state index in [-0.39, 0.29) is 0 Å². The normalized spacial score (nSPS) is 32.2. The molecular formula is C18H35N. The Morgan fingerprint density at radius 2 is 1.47 bits per heavy atom. The lowest BCUT2D eigenvalue weighted by molar-refractivity contribution is 0.132. The number of hydrogen-bond donors (Lipinski definition) is 1. The van der Waals surface area contributed by atoms with Crippen LogP contribution in [0.1, 0.15) is 85.0 Å². The molecule has 0 saturated heterocycles. The molecule has 1 atom stereocenters. The van der Waals surface area contributed by atoms with Crippen LogP contribution < -0.4 is 5.73 Å². The minimum absolute atomic E-state index is 0.490. The highest BCUT2D eigenvalue weighted by Gasteiger charge is 2.32. The highest BCUT2D eigenvalue weighted by atomic mass is 14.7. The van der Waals surface area contributed by atoms with E-state index in [1.54, 1.807) is 0 Å². The molecular weight excluding hydrogens is 230 g/mol. The topological polar surface area (TPSA) is 26.0 Å². The molecule has 0 bridgehead atoms. The summed E-state index contributed by atoms with van der Waals surface area (Å²) in [6.45, 7) is 7.21. The van der Waals surface area contributed by atoms with E-state index in [1.807, 2.05) is 0 Å². The van der Waals surface area contributed by atoms with E-state index in [9.17, 15) is 0 Å². The van der Waals surface area contributed by atoms with Crippen molar-refractivity contribution >= 4 is 0 Å². The molecule has 0 aromatic rings. The molecule has 0 aromatic heterocycles. The maximum absolute atomic E-state index is 6.53. The van der Waals surface area contributed by atoms with Crippen molar-refractivity contribution in [2.75, 3.05) is 0 Å². The Bertz CT molecular complexity index is 251. The second-order valence-corrected chi connectivity index (χ2v) is 8.38. The molecule has 0 amide bonds. The van der Waals surface area contributed by atoms with Gasteiger partial charge in [0.2, 0.25) is 0 Å². The van der Waals surface area contributed by atoms with Gasteiger partial charge in [0.05, 0.1) is 0 Å². The largest absolute Gasteiger partial charge is 0.327 e. The molecule has 2 aliphatic rings. The Kier molecular flexibility index (Phi) is 5.34. The molecule has 0 aromatic carbocycles. The van der Waals surface area contributed by atoms with E-state index < -0.39 is 0 Å². The predicted octanol–water partition coefficient (Wildman–Crippen LogP) is 5.14. The smallest absolute Gasteiger partial charge is 0.00698 e. The van der Waals surface area contributed by atoms with E-state index in [0.717, 1.165) is 17.8 Å². The van der Waals surface area contributed by atoms with Crippen molar-refractivity contribution in [1.82, 2.24) is 0 Å². The van der Waals surface area contributed by atoms with Crippen molar-refractivity contribution in [3.63, 3.8) is 0 Å². The Morgan fingerprint density at radius 3 is 2.00 bits per heavy atom. The van der Waals surface area contributed by atoms with E-state index >= 15 is 0 Å². The van der Waals surface area contributed by atoms with Crippen molar-refractivity contribution in [2.45, 2.75) is 91.0 Å². The Balaban J connectivity index is 1.74. The van der Waals surface area contributed by atoms with Crippen LogP contribution in [0, 0.1) is 23.2 Å². The SMILES string of the molecule is CC(C)(C)C1CCC(C(N)CC2CCCCC2)CC1. The van der Waals surface area contributed by atoms with Crippen molar-refractivity contribution in [1.29, 1.82) is 0 Å². The van der Waals surface area contributed by atoms with Gasteiger partial charge in [0, 0.05) is 6.04 Å². The standard InChI is InChI=1S/C18H35N/c1-18(2,3)16-11-9-15(10-12-16)17(19)13-14-7-5-4-6-8-14/h14-17H,4-13,19H2,1-3H3. The first-order valence-electron chi connectivity index (χ1n) is 8.72. The summed E-state index contributed by atoms with van der Waals surface area (Å²) in [5.41, 5.74) is 7.03. The Labute approximate surface area is 120 Å². The summed E-state index contributed by atoms with van der Waals surface area (Å²) in [6.07, 6.45) is 14.2. The molecule has 2 saturated carbocycles. The lowest BCUT2D eigenvalue weighted by Crippen LogP contribution is -2.37. The van der Waals surface area contributed by atoms with Crippen molar-refractivity contribution in [2.24, 2.45) is 28.9 Å². The van der Waals surface area contributed by atoms with Gasteiger partial charge >= 0.3 is 0 Å². The van der Waals surface area contributed by atoms with Crippen LogP contribution in [0.2, 0.25) is 0 Å². The lowest BCUT2D eigenvalue weighted by Gasteiger charge is -2.39. The molecule has 2 fully saturated rings. The van der Waals surface area contributed by atoms with Crippen LogP contribution in [0.5, 0.6) is 0 Å². The molecule has 2 N–H and O–H groups in total. The fraction of sp³-hybridized carbons (Fsp3) is 1.00. The van der Waals surface area contributed by atoms with Gasteiger partial charge < -0.3 is 5.73 Å². The molecule has 0 radical (unpaired) electrons. The van der Waals surface area contributed by atoms with Crippen molar-refractivity contribution in [3.05, 3.63) is 0 Å². The van der Waals surface area contributed by atoms with Crippen LogP contribution in [0.25, 0.3) is 0 Å². The van der Waals surface area contributed by atoms with Gasteiger partial charge in [-0.15, -0.1) is 0 Å². The third-order valence-electron chi connectivity index (χ3n) is 5.93. The molecule has 1 heteroatoms. The summed E-state index contributed by atoms with van der Waals surface area (Å²) >= 11 is 0. The molecule has 0 aliphatic heterocycles. The zero-order valence-electron chi connectivity index (χ0n) is 13.5. The summed E-state index contributed by atoms with van der Waals surface area (Å²) in [5, 5.41) is 0. The van der Waals surface area contributed by atoms with Gasteiger partial charge in [-0.2, -0.15) is 0 Å². The minimum atomic E-state index is 0.490. The number of hydrogen-bond acceptors (Lipinski definition) is 1. The van der Waals surface area contributed by atoms with Crippen LogP contribution in [0.4, 0.5) is 0 Å². The maximum atomic E-state index is 6.53. The molecule has 2 rings (SSSR count). The monoisotopic (exact) mass is 265 g/mol. The first-order chi connectivity index (χ1) is 8.97. The van der Waals surface area contributed by atoms with Crippen molar-refractivity contribution < 1.29 is 0 Å². The minimum Gasteiger partial charge on any atom is -0.327 e. The first-order valence-corrected chi connectivity index (χ1v) is 8.72. The van der Waals surface area contributed by atoms with E-state index in [4.69, 9.17) is 5.73 Å². The molecule has 1 unspecified atom stereocenters. The van der Waals surface area contributed by atoms with Gasteiger partial charge in [-0.1, -0.05) is 52.9 Å². The van der Waals surface area contributed by atoms with Gasteiger partial charge in [0.15, 0.2) is 0 Å². The maximum Gasteiger partial charge on any atom is 0.00698 e. The predicted molar refractivity (Wildman–Crippen MR) is 84.1 cm³/mol. The Morgan fingerprint density at radius 1 is 0.895 bits per heavy atom. The summed E-state index contributed by atoms with van der Waals surface area (Å²) < 4.78 is 0. The third-order valence-corrected chi connectivity index (χ3v) is 5.93. The molecule has 19 heavy (non-hydrogen) atoms. The molecule has 2 aliphatic carbocycles. The van der Waals surface area contributed by atoms with Crippen LogP contribution in [-0.2, 0) is 0 Å². The van der Waals surface area contributed by atoms with E-state index in [2.05, 4.69) is 20.8 Å². The van der Waals surface area contributed by atoms with Gasteiger partial charge in [0.25, 0.3) is 0 Å². The van der Waals surface area contributed by atoms with E-state index in [0.29, 0.717) is 11.5 Å². The fourth-order valence-corrected chi connectivity index (χ4v) is 4.41. The van der Waals surface area contributed by atoms with Gasteiger partial charge in [-0.05, 0) is 55.3 Å². The second-order valence-electron chi connectivity index (χ2n) is 8.38. The number of rotatable bonds is 3. The van der Waals surface area contributed by atoms with Crippen LogP contribution in [-0.4, -0.2) is 6.04 Å². The third kappa shape index (κ3) is 4.48. The molecule has 0 spiro atoms. The first kappa shape index (κ1) is 15.4. The van der Waals surface area contributed by atoms with Crippen LogP contribution >= 0.6 is 0 Å². The average molecular weight is 265 g/mol. The zero-order chi connectivity index (χ0) is 13.9. The van der Waals surface area contributed by atoms with Gasteiger partial charge in [0.1, 0.15) is 0 Å². The molecule has 1 nitrogen and oxygen atoms in total. The van der Waals surface area contributed by atoms with Crippen molar-refractivity contribution in [3.8, 4) is 0 Å². The Hall–Kier alpha value is -0.0400. The summed E-state index contributed by atoms with van der Waals surface area (Å²) in [5.74, 6) is 2.69. The summed E-state index contributed by atoms with van der Waals surface area (Å²) in [6, 6.07) is 0.490. The highest BCUT2D eigenvalue weighted by Crippen LogP contribution is 2.41. The van der Waals surface area contributed by atoms with Gasteiger partial charge in [-0.25, -0.2) is 0 Å². The van der Waals surface area contributed by atoms with E-state index in [1.165, 1.54) is 64.2 Å². The van der Waals surface area contributed by atoms with Crippen LogP contribution in [0.15, 0.2) is 0 Å². The fourth-order valence-electron chi connectivity index (χ4n) is 4.41. The second kappa shape index (κ2) is 6.61. The zero-order valence-corrected chi connectivity index (χ0v) is 13.5. The van der Waals surface area contributed by atoms with Gasteiger partial charge in [-0.3, -0.25) is 0 Å². The highest BCUT2D eigenvalue weighted by molar-refractivity contribution is 4.85. The summed E-state index contributed by atoms with van der Waals surface area (Å²) in [4.78, 5) is 0. The average Bonchev–Trinajstić information content (AvgIpc) is 2.39. The van der Waals surface area contributed by atoms with Crippen LogP contribution in [0.3, 0.4) is 0 Å². The number of nitrogens with two attached hydrogens (primary N) is 1. The quantitative estimate of drug-likeness (QED) is 0.751. The summed E-state index contributed by atoms with van der Waals surface area (Å²) in [7, 11) is 0. The molecule has 0 heterocycles. The lowest BCUT2D eigenvalue weighted by atomic mass is 9.67.